The molecule has 0 fully saturated rings. The van der Waals surface area contributed by atoms with Crippen molar-refractivity contribution in [1.82, 2.24) is 9.78 Å². The van der Waals surface area contributed by atoms with Crippen LogP contribution in [-0.2, 0) is 18.5 Å². The smallest absolute Gasteiger partial charge is 0.145 e. The normalized spacial score (nSPS) is 11.5. The molecule has 2 rings (SSSR count). The molecule has 0 atom stereocenters. The van der Waals surface area contributed by atoms with Crippen molar-refractivity contribution in [2.45, 2.75) is 20.5 Å². The summed E-state index contributed by atoms with van der Waals surface area (Å²) in [6, 6.07) is 5.98. The Morgan fingerprint density at radius 2 is 2.20 bits per heavy atom. The Morgan fingerprint density at radius 3 is 2.85 bits per heavy atom. The van der Waals surface area contributed by atoms with Crippen molar-refractivity contribution in [3.63, 3.8) is 0 Å². The van der Waals surface area contributed by atoms with Crippen molar-refractivity contribution < 1.29 is 9.57 Å². The highest BCUT2D eigenvalue weighted by molar-refractivity contribution is 5.97. The Labute approximate surface area is 118 Å². The standard InChI is InChI=1S/C15H19N3O2/c1-11-5-6-15(19-4)13(7-11)10-20-17-12(2)14-8-16-18(3)9-14/h5-9H,10H2,1-4H3/b17-12+. The van der Waals surface area contributed by atoms with Gasteiger partial charge in [0.2, 0.25) is 0 Å². The van der Waals surface area contributed by atoms with Gasteiger partial charge in [0.1, 0.15) is 12.4 Å². The Hall–Kier alpha value is -2.30. The molecule has 5 heteroatoms. The third-order valence-electron chi connectivity index (χ3n) is 2.98. The summed E-state index contributed by atoms with van der Waals surface area (Å²) in [4.78, 5) is 5.41. The molecule has 106 valence electrons. The van der Waals surface area contributed by atoms with Crippen molar-refractivity contribution in [1.29, 1.82) is 0 Å². The number of aromatic nitrogens is 2. The molecule has 0 N–H and O–H groups in total. The first-order valence-corrected chi connectivity index (χ1v) is 6.39. The maximum Gasteiger partial charge on any atom is 0.145 e. The van der Waals surface area contributed by atoms with E-state index in [0.29, 0.717) is 6.61 Å². The van der Waals surface area contributed by atoms with Crippen LogP contribution in [0.15, 0.2) is 35.7 Å². The predicted molar refractivity (Wildman–Crippen MR) is 77.9 cm³/mol. The average molecular weight is 273 g/mol. The lowest BCUT2D eigenvalue weighted by atomic mass is 10.1. The number of oxime groups is 1. The summed E-state index contributed by atoms with van der Waals surface area (Å²) in [5, 5.41) is 8.22. The first-order chi connectivity index (χ1) is 9.60. The fourth-order valence-corrected chi connectivity index (χ4v) is 1.88. The summed E-state index contributed by atoms with van der Waals surface area (Å²) < 4.78 is 7.04. The molecule has 0 bridgehead atoms. The van der Waals surface area contributed by atoms with Crippen LogP contribution >= 0.6 is 0 Å². The van der Waals surface area contributed by atoms with Gasteiger partial charge in [-0.05, 0) is 26.0 Å². The highest BCUT2D eigenvalue weighted by Crippen LogP contribution is 2.20. The highest BCUT2D eigenvalue weighted by Gasteiger charge is 2.04. The van der Waals surface area contributed by atoms with Crippen LogP contribution in [0.4, 0.5) is 0 Å². The van der Waals surface area contributed by atoms with E-state index in [1.807, 2.05) is 45.3 Å². The zero-order valence-electron chi connectivity index (χ0n) is 12.3. The lowest BCUT2D eigenvalue weighted by Crippen LogP contribution is -1.98. The van der Waals surface area contributed by atoms with E-state index < -0.39 is 0 Å². The zero-order chi connectivity index (χ0) is 14.5. The van der Waals surface area contributed by atoms with Gasteiger partial charge in [0.05, 0.1) is 19.0 Å². The molecule has 1 aromatic carbocycles. The Balaban J connectivity index is 2.04. The minimum Gasteiger partial charge on any atom is -0.496 e. The molecule has 0 unspecified atom stereocenters. The number of ether oxygens (including phenoxy) is 1. The van der Waals surface area contributed by atoms with E-state index in [1.54, 1.807) is 18.0 Å². The molecule has 0 saturated carbocycles. The lowest BCUT2D eigenvalue weighted by molar-refractivity contribution is 0.128. The van der Waals surface area contributed by atoms with Crippen LogP contribution in [0.5, 0.6) is 5.75 Å². The largest absolute Gasteiger partial charge is 0.496 e. The second-order valence-electron chi connectivity index (χ2n) is 4.67. The van der Waals surface area contributed by atoms with Gasteiger partial charge in [0.15, 0.2) is 0 Å². The molecule has 5 nitrogen and oxygen atoms in total. The zero-order valence-corrected chi connectivity index (χ0v) is 12.3. The molecule has 0 aliphatic heterocycles. The maximum atomic E-state index is 5.41. The molecule has 1 aromatic heterocycles. The Morgan fingerprint density at radius 1 is 1.40 bits per heavy atom. The summed E-state index contributed by atoms with van der Waals surface area (Å²) >= 11 is 0. The first-order valence-electron chi connectivity index (χ1n) is 6.39. The van der Waals surface area contributed by atoms with Crippen molar-refractivity contribution >= 4 is 5.71 Å². The lowest BCUT2D eigenvalue weighted by Gasteiger charge is -2.08. The van der Waals surface area contributed by atoms with Crippen molar-refractivity contribution in [2.75, 3.05) is 7.11 Å². The monoisotopic (exact) mass is 273 g/mol. The van der Waals surface area contributed by atoms with Gasteiger partial charge >= 0.3 is 0 Å². The van der Waals surface area contributed by atoms with E-state index in [1.165, 1.54) is 0 Å². The molecule has 0 spiro atoms. The van der Waals surface area contributed by atoms with Crippen LogP contribution in [0, 0.1) is 6.92 Å². The van der Waals surface area contributed by atoms with E-state index in [4.69, 9.17) is 9.57 Å². The molecule has 1 heterocycles. The third-order valence-corrected chi connectivity index (χ3v) is 2.98. The number of hydrogen-bond acceptors (Lipinski definition) is 4. The van der Waals surface area contributed by atoms with Gasteiger partial charge in [-0.3, -0.25) is 4.68 Å². The van der Waals surface area contributed by atoms with Gasteiger partial charge in [-0.2, -0.15) is 5.10 Å². The first kappa shape index (κ1) is 14.1. The van der Waals surface area contributed by atoms with Crippen LogP contribution in [-0.4, -0.2) is 22.6 Å². The quantitative estimate of drug-likeness (QED) is 0.621. The maximum absolute atomic E-state index is 5.41. The molecule has 0 aliphatic carbocycles. The third kappa shape index (κ3) is 3.38. The topological polar surface area (TPSA) is 48.6 Å². The fourth-order valence-electron chi connectivity index (χ4n) is 1.88. The second-order valence-corrected chi connectivity index (χ2v) is 4.67. The molecule has 2 aromatic rings. The molecule has 20 heavy (non-hydrogen) atoms. The number of benzene rings is 1. The number of hydrogen-bond donors (Lipinski definition) is 0. The number of rotatable bonds is 5. The molecular weight excluding hydrogens is 254 g/mol. The average Bonchev–Trinajstić information content (AvgIpc) is 2.86. The Bertz CT molecular complexity index is 617. The van der Waals surface area contributed by atoms with Crippen molar-refractivity contribution in [3.8, 4) is 5.75 Å². The molecule has 0 aliphatic rings. The summed E-state index contributed by atoms with van der Waals surface area (Å²) in [6.45, 7) is 4.31. The molecule has 0 saturated heterocycles. The summed E-state index contributed by atoms with van der Waals surface area (Å²) in [5.74, 6) is 0.810. The van der Waals surface area contributed by atoms with E-state index in [0.717, 1.165) is 28.2 Å². The molecule has 0 amide bonds. The SMILES string of the molecule is COc1ccc(C)cc1CO/N=C(\C)c1cnn(C)c1. The minimum absolute atomic E-state index is 0.377. The van der Waals surface area contributed by atoms with Gasteiger partial charge in [-0.25, -0.2) is 0 Å². The van der Waals surface area contributed by atoms with Crippen LogP contribution < -0.4 is 4.74 Å². The van der Waals surface area contributed by atoms with Gasteiger partial charge in [-0.15, -0.1) is 0 Å². The fraction of sp³-hybridized carbons (Fsp3) is 0.333. The van der Waals surface area contributed by atoms with E-state index in [9.17, 15) is 0 Å². The summed E-state index contributed by atoms with van der Waals surface area (Å²) in [7, 11) is 3.52. The minimum atomic E-state index is 0.377. The van der Waals surface area contributed by atoms with Crippen LogP contribution in [0.1, 0.15) is 23.6 Å². The van der Waals surface area contributed by atoms with Crippen molar-refractivity contribution in [2.24, 2.45) is 12.2 Å². The van der Waals surface area contributed by atoms with Crippen molar-refractivity contribution in [3.05, 3.63) is 47.3 Å². The van der Waals surface area contributed by atoms with E-state index in [-0.39, 0.29) is 0 Å². The van der Waals surface area contributed by atoms with Gasteiger partial charge < -0.3 is 9.57 Å². The second kappa shape index (κ2) is 6.23. The number of nitrogens with zero attached hydrogens (tertiary/aromatic N) is 3. The summed E-state index contributed by atoms with van der Waals surface area (Å²) in [5.41, 5.74) is 3.89. The van der Waals surface area contributed by atoms with E-state index >= 15 is 0 Å². The van der Waals surface area contributed by atoms with Gasteiger partial charge in [0, 0.05) is 24.4 Å². The highest BCUT2D eigenvalue weighted by atomic mass is 16.6. The molecular formula is C15H19N3O2. The Kier molecular flexibility index (Phi) is 4.40. The predicted octanol–water partition coefficient (Wildman–Crippen LogP) is 2.68. The van der Waals surface area contributed by atoms with Gasteiger partial charge in [0.25, 0.3) is 0 Å². The van der Waals surface area contributed by atoms with E-state index in [2.05, 4.69) is 10.3 Å². The number of aryl methyl sites for hydroxylation is 2. The van der Waals surface area contributed by atoms with Crippen LogP contribution in [0.25, 0.3) is 0 Å². The number of methoxy groups -OCH3 is 1. The molecule has 0 radical (unpaired) electrons. The van der Waals surface area contributed by atoms with Gasteiger partial charge in [-0.1, -0.05) is 16.8 Å². The van der Waals surface area contributed by atoms with Crippen LogP contribution in [0.2, 0.25) is 0 Å². The summed E-state index contributed by atoms with van der Waals surface area (Å²) in [6.07, 6.45) is 3.66. The van der Waals surface area contributed by atoms with Crippen LogP contribution in [0.3, 0.4) is 0 Å².